The molecular formula is C15H20N2O2S. The molecule has 1 unspecified atom stereocenters. The van der Waals surface area contributed by atoms with Gasteiger partial charge in [-0.05, 0) is 44.6 Å². The van der Waals surface area contributed by atoms with Crippen molar-refractivity contribution in [2.24, 2.45) is 5.92 Å². The van der Waals surface area contributed by atoms with Crippen molar-refractivity contribution in [1.82, 2.24) is 9.55 Å². The molecular weight excluding hydrogens is 272 g/mol. The highest BCUT2D eigenvalue weighted by Gasteiger charge is 2.18. The smallest absolute Gasteiger partial charge is 0.178 e. The zero-order chi connectivity index (χ0) is 14.1. The third-order valence-corrected chi connectivity index (χ3v) is 3.92. The van der Waals surface area contributed by atoms with Crippen LogP contribution in [0.1, 0.15) is 20.3 Å². The first-order valence-electron chi connectivity index (χ1n) is 7.11. The van der Waals surface area contributed by atoms with E-state index in [2.05, 4.69) is 15.6 Å². The monoisotopic (exact) mass is 292 g/mol. The summed E-state index contributed by atoms with van der Waals surface area (Å²) in [7, 11) is 0. The second-order valence-electron chi connectivity index (χ2n) is 5.59. The van der Waals surface area contributed by atoms with Crippen molar-refractivity contribution >= 4 is 23.3 Å². The van der Waals surface area contributed by atoms with Crippen LogP contribution in [0.15, 0.2) is 18.2 Å². The lowest BCUT2D eigenvalue weighted by atomic mass is 10.1. The Hall–Kier alpha value is -1.33. The van der Waals surface area contributed by atoms with E-state index in [1.807, 2.05) is 26.0 Å². The second-order valence-corrected chi connectivity index (χ2v) is 5.97. The number of ether oxygens (including phenoxy) is 2. The number of nitrogens with one attached hydrogen (secondary N) is 1. The zero-order valence-corrected chi connectivity index (χ0v) is 12.7. The molecule has 1 aromatic heterocycles. The average molecular weight is 292 g/mol. The lowest BCUT2D eigenvalue weighted by molar-refractivity contribution is 0.182. The Morgan fingerprint density at radius 3 is 3.05 bits per heavy atom. The molecule has 1 aliphatic rings. The van der Waals surface area contributed by atoms with Gasteiger partial charge in [0.15, 0.2) is 4.77 Å². The Labute approximate surface area is 123 Å². The number of nitrogens with zero attached hydrogens (tertiary/aromatic N) is 1. The highest BCUT2D eigenvalue weighted by Crippen LogP contribution is 2.27. The maximum absolute atomic E-state index is 5.85. The predicted octanol–water partition coefficient (Wildman–Crippen LogP) is 3.52. The molecule has 1 saturated heterocycles. The van der Waals surface area contributed by atoms with Crippen LogP contribution in [0.5, 0.6) is 5.75 Å². The summed E-state index contributed by atoms with van der Waals surface area (Å²) in [6.45, 7) is 6.66. The van der Waals surface area contributed by atoms with E-state index < -0.39 is 0 Å². The van der Waals surface area contributed by atoms with E-state index >= 15 is 0 Å². The number of benzene rings is 1. The van der Waals surface area contributed by atoms with E-state index in [-0.39, 0.29) is 6.10 Å². The molecule has 0 saturated carbocycles. The standard InChI is InChI=1S/C15H20N2O2S/c1-10(2)19-13-5-3-4-12-14(13)16-15(20)17(12)8-11-6-7-18-9-11/h3-5,10-11H,6-9H2,1-2H3,(H,16,20). The highest BCUT2D eigenvalue weighted by atomic mass is 32.1. The fourth-order valence-electron chi connectivity index (χ4n) is 2.67. The molecule has 0 bridgehead atoms. The number of aromatic amines is 1. The minimum absolute atomic E-state index is 0.147. The first-order valence-corrected chi connectivity index (χ1v) is 7.52. The molecule has 2 aromatic rings. The normalized spacial score (nSPS) is 19.1. The second kappa shape index (κ2) is 5.58. The molecule has 1 aromatic carbocycles. The van der Waals surface area contributed by atoms with Crippen LogP contribution < -0.4 is 4.74 Å². The van der Waals surface area contributed by atoms with Gasteiger partial charge in [-0.1, -0.05) is 6.07 Å². The van der Waals surface area contributed by atoms with Gasteiger partial charge in [0.1, 0.15) is 11.3 Å². The van der Waals surface area contributed by atoms with Crippen LogP contribution in [0.2, 0.25) is 0 Å². The van der Waals surface area contributed by atoms with Gasteiger partial charge in [0.25, 0.3) is 0 Å². The van der Waals surface area contributed by atoms with Gasteiger partial charge in [0.2, 0.25) is 0 Å². The fourth-order valence-corrected chi connectivity index (χ4v) is 2.95. The van der Waals surface area contributed by atoms with E-state index in [1.165, 1.54) is 0 Å². The summed E-state index contributed by atoms with van der Waals surface area (Å²) in [5, 5.41) is 0. The number of rotatable bonds is 4. The molecule has 1 atom stereocenters. The molecule has 3 rings (SSSR count). The lowest BCUT2D eigenvalue weighted by Gasteiger charge is -2.12. The number of aromatic nitrogens is 2. The van der Waals surface area contributed by atoms with Gasteiger partial charge in [0.05, 0.1) is 18.2 Å². The van der Waals surface area contributed by atoms with Gasteiger partial charge < -0.3 is 19.0 Å². The SMILES string of the molecule is CC(C)Oc1cccc2c1[nH]c(=S)n2CC1CCOC1. The summed E-state index contributed by atoms with van der Waals surface area (Å²) < 4.78 is 14.2. The van der Waals surface area contributed by atoms with Crippen molar-refractivity contribution in [3.05, 3.63) is 23.0 Å². The summed E-state index contributed by atoms with van der Waals surface area (Å²) in [6, 6.07) is 6.09. The Kier molecular flexibility index (Phi) is 3.81. The number of para-hydroxylation sites is 1. The maximum Gasteiger partial charge on any atom is 0.178 e. The van der Waals surface area contributed by atoms with Gasteiger partial charge in [-0.25, -0.2) is 0 Å². The summed E-state index contributed by atoms with van der Waals surface area (Å²) in [4.78, 5) is 3.29. The number of hydrogen-bond donors (Lipinski definition) is 1. The topological polar surface area (TPSA) is 39.2 Å². The molecule has 5 heteroatoms. The quantitative estimate of drug-likeness (QED) is 0.876. The average Bonchev–Trinajstić information content (AvgIpc) is 3.00. The van der Waals surface area contributed by atoms with E-state index in [4.69, 9.17) is 21.7 Å². The van der Waals surface area contributed by atoms with E-state index in [9.17, 15) is 0 Å². The van der Waals surface area contributed by atoms with Gasteiger partial charge >= 0.3 is 0 Å². The van der Waals surface area contributed by atoms with Crippen LogP contribution in [0.4, 0.5) is 0 Å². The zero-order valence-electron chi connectivity index (χ0n) is 11.9. The Bertz CT molecular complexity index is 653. The highest BCUT2D eigenvalue weighted by molar-refractivity contribution is 7.71. The Balaban J connectivity index is 2.00. The number of imidazole rings is 1. The van der Waals surface area contributed by atoms with Crippen molar-refractivity contribution in [1.29, 1.82) is 0 Å². The third kappa shape index (κ3) is 2.60. The Morgan fingerprint density at radius 2 is 2.35 bits per heavy atom. The largest absolute Gasteiger partial charge is 0.489 e. The van der Waals surface area contributed by atoms with Gasteiger partial charge in [-0.2, -0.15) is 0 Å². The first kappa shape index (κ1) is 13.6. The van der Waals surface area contributed by atoms with Gasteiger partial charge in [-0.15, -0.1) is 0 Å². The molecule has 1 N–H and O–H groups in total. The predicted molar refractivity (Wildman–Crippen MR) is 81.8 cm³/mol. The van der Waals surface area contributed by atoms with Crippen molar-refractivity contribution < 1.29 is 9.47 Å². The molecule has 0 spiro atoms. The fraction of sp³-hybridized carbons (Fsp3) is 0.533. The summed E-state index contributed by atoms with van der Waals surface area (Å²) in [5.41, 5.74) is 2.10. The summed E-state index contributed by atoms with van der Waals surface area (Å²) in [6.07, 6.45) is 1.26. The molecule has 4 nitrogen and oxygen atoms in total. The maximum atomic E-state index is 5.85. The first-order chi connectivity index (χ1) is 9.65. The van der Waals surface area contributed by atoms with Crippen LogP contribution >= 0.6 is 12.2 Å². The van der Waals surface area contributed by atoms with Crippen LogP contribution in [-0.4, -0.2) is 28.9 Å². The van der Waals surface area contributed by atoms with E-state index in [0.717, 1.165) is 47.7 Å². The molecule has 2 heterocycles. The molecule has 108 valence electrons. The molecule has 1 fully saturated rings. The molecule has 0 amide bonds. The minimum atomic E-state index is 0.147. The van der Waals surface area contributed by atoms with Crippen molar-refractivity contribution in [2.75, 3.05) is 13.2 Å². The third-order valence-electron chi connectivity index (χ3n) is 3.60. The molecule has 0 radical (unpaired) electrons. The van der Waals surface area contributed by atoms with Crippen molar-refractivity contribution in [3.63, 3.8) is 0 Å². The van der Waals surface area contributed by atoms with Crippen LogP contribution in [-0.2, 0) is 11.3 Å². The van der Waals surface area contributed by atoms with Gasteiger partial charge in [0, 0.05) is 19.1 Å². The van der Waals surface area contributed by atoms with Crippen LogP contribution in [0.3, 0.4) is 0 Å². The summed E-state index contributed by atoms with van der Waals surface area (Å²) >= 11 is 5.47. The Morgan fingerprint density at radius 1 is 1.50 bits per heavy atom. The van der Waals surface area contributed by atoms with Crippen LogP contribution in [0, 0.1) is 10.7 Å². The molecule has 0 aliphatic carbocycles. The van der Waals surface area contributed by atoms with Crippen LogP contribution in [0.25, 0.3) is 11.0 Å². The minimum Gasteiger partial charge on any atom is -0.489 e. The molecule has 20 heavy (non-hydrogen) atoms. The van der Waals surface area contributed by atoms with E-state index in [0.29, 0.717) is 5.92 Å². The van der Waals surface area contributed by atoms with Crippen molar-refractivity contribution in [2.45, 2.75) is 32.9 Å². The van der Waals surface area contributed by atoms with Crippen molar-refractivity contribution in [3.8, 4) is 5.75 Å². The summed E-state index contributed by atoms with van der Waals surface area (Å²) in [5.74, 6) is 1.42. The lowest BCUT2D eigenvalue weighted by Crippen LogP contribution is -2.10. The van der Waals surface area contributed by atoms with Gasteiger partial charge in [-0.3, -0.25) is 0 Å². The number of H-pyrrole nitrogens is 1. The number of hydrogen-bond acceptors (Lipinski definition) is 3. The molecule has 1 aliphatic heterocycles. The van der Waals surface area contributed by atoms with E-state index in [1.54, 1.807) is 0 Å². The number of fused-ring (bicyclic) bond motifs is 1.